The second-order valence-corrected chi connectivity index (χ2v) is 8.79. The molecule has 156 valence electrons. The van der Waals surface area contributed by atoms with Crippen LogP contribution in [0.15, 0.2) is 41.6 Å². The van der Waals surface area contributed by atoms with Gasteiger partial charge in [-0.05, 0) is 61.7 Å². The van der Waals surface area contributed by atoms with Crippen LogP contribution in [-0.4, -0.2) is 33.1 Å². The molecule has 0 saturated heterocycles. The number of nitrogens with zero attached hydrogens (tertiary/aromatic N) is 3. The van der Waals surface area contributed by atoms with Crippen molar-refractivity contribution in [2.75, 3.05) is 17.9 Å². The number of carbonyl (C=O) groups is 1. The molecule has 2 atom stereocenters. The van der Waals surface area contributed by atoms with Gasteiger partial charge in [-0.3, -0.25) is 4.79 Å². The molecule has 3 aromatic rings. The summed E-state index contributed by atoms with van der Waals surface area (Å²) in [4.78, 5) is 13.3. The third-order valence-electron chi connectivity index (χ3n) is 4.88. The Morgan fingerprint density at radius 3 is 2.57 bits per heavy atom. The Labute approximate surface area is 184 Å². The number of methoxy groups -OCH3 is 1. The van der Waals surface area contributed by atoms with Crippen LogP contribution in [-0.2, 0) is 4.79 Å². The molecule has 0 saturated carbocycles. The van der Waals surface area contributed by atoms with E-state index >= 15 is 0 Å². The van der Waals surface area contributed by atoms with Crippen molar-refractivity contribution in [3.05, 3.63) is 63.9 Å². The van der Waals surface area contributed by atoms with E-state index in [1.807, 2.05) is 45.0 Å². The standard InChI is InChI=1S/C21H22ClN5O2S/c1-11-7-12(2)9-15(8-11)23-20(28)19-18(14-5-6-17(29-4)16(22)10-14)26-27-13(3)24-25-21(27)30-19/h5-10,18-19,26H,1-4H3,(H,23,28)/t18-,19-/m1/s1. The molecule has 9 heteroatoms. The largest absolute Gasteiger partial charge is 0.495 e. The van der Waals surface area contributed by atoms with Crippen LogP contribution in [0.1, 0.15) is 28.6 Å². The lowest BCUT2D eigenvalue weighted by Gasteiger charge is -2.33. The van der Waals surface area contributed by atoms with Crippen LogP contribution in [0.4, 0.5) is 5.69 Å². The van der Waals surface area contributed by atoms with Crippen LogP contribution in [0.25, 0.3) is 0 Å². The van der Waals surface area contributed by atoms with Gasteiger partial charge in [-0.15, -0.1) is 10.2 Å². The summed E-state index contributed by atoms with van der Waals surface area (Å²) in [5.74, 6) is 1.18. The first-order chi connectivity index (χ1) is 14.4. The maximum Gasteiger partial charge on any atom is 0.240 e. The van der Waals surface area contributed by atoms with Crippen molar-refractivity contribution in [3.63, 3.8) is 0 Å². The van der Waals surface area contributed by atoms with Gasteiger partial charge in [-0.2, -0.15) is 0 Å². The number of rotatable bonds is 4. The van der Waals surface area contributed by atoms with Crippen molar-refractivity contribution in [2.24, 2.45) is 0 Å². The van der Waals surface area contributed by atoms with E-state index in [1.165, 1.54) is 11.8 Å². The summed E-state index contributed by atoms with van der Waals surface area (Å²) in [6.07, 6.45) is 0. The molecule has 0 aliphatic carbocycles. The number of nitrogens with one attached hydrogen (secondary N) is 2. The lowest BCUT2D eigenvalue weighted by Crippen LogP contribution is -2.41. The third-order valence-corrected chi connectivity index (χ3v) is 6.39. The Balaban J connectivity index is 1.69. The first kappa shape index (κ1) is 20.6. The second kappa shape index (κ2) is 8.20. The fourth-order valence-electron chi connectivity index (χ4n) is 3.55. The summed E-state index contributed by atoms with van der Waals surface area (Å²) in [6.45, 7) is 5.87. The van der Waals surface area contributed by atoms with Crippen molar-refractivity contribution < 1.29 is 9.53 Å². The van der Waals surface area contributed by atoms with E-state index < -0.39 is 5.25 Å². The second-order valence-electron chi connectivity index (χ2n) is 7.27. The predicted molar refractivity (Wildman–Crippen MR) is 119 cm³/mol. The molecular formula is C21H22ClN5O2S. The highest BCUT2D eigenvalue weighted by molar-refractivity contribution is 8.00. The van der Waals surface area contributed by atoms with Gasteiger partial charge in [0.2, 0.25) is 11.1 Å². The summed E-state index contributed by atoms with van der Waals surface area (Å²) < 4.78 is 7.06. The van der Waals surface area contributed by atoms with E-state index in [0.717, 1.165) is 28.2 Å². The molecule has 1 amide bonds. The molecule has 2 N–H and O–H groups in total. The summed E-state index contributed by atoms with van der Waals surface area (Å²) in [6, 6.07) is 11.2. The highest BCUT2D eigenvalue weighted by atomic mass is 35.5. The zero-order valence-corrected chi connectivity index (χ0v) is 18.6. The maximum absolute atomic E-state index is 13.3. The number of anilines is 1. The predicted octanol–water partition coefficient (Wildman–Crippen LogP) is 4.26. The van der Waals surface area contributed by atoms with Gasteiger partial charge in [-0.25, -0.2) is 4.68 Å². The fraction of sp³-hybridized carbons (Fsp3) is 0.286. The van der Waals surface area contributed by atoms with E-state index in [-0.39, 0.29) is 11.9 Å². The summed E-state index contributed by atoms with van der Waals surface area (Å²) in [5.41, 5.74) is 7.20. The summed E-state index contributed by atoms with van der Waals surface area (Å²) >= 11 is 7.73. The number of halogens is 1. The normalized spacial score (nSPS) is 17.8. The van der Waals surface area contributed by atoms with Gasteiger partial charge in [0.15, 0.2) is 0 Å². The quantitative estimate of drug-likeness (QED) is 0.627. The minimum absolute atomic E-state index is 0.124. The number of aryl methyl sites for hydroxylation is 3. The summed E-state index contributed by atoms with van der Waals surface area (Å²) in [5, 5.41) is 12.0. The van der Waals surface area contributed by atoms with Gasteiger partial charge in [0.25, 0.3) is 0 Å². The average molecular weight is 444 g/mol. The Morgan fingerprint density at radius 2 is 1.90 bits per heavy atom. The van der Waals surface area contributed by atoms with Gasteiger partial charge in [0.1, 0.15) is 16.8 Å². The van der Waals surface area contributed by atoms with Crippen molar-refractivity contribution in [3.8, 4) is 5.75 Å². The van der Waals surface area contributed by atoms with Crippen LogP contribution in [0.2, 0.25) is 5.02 Å². The lowest BCUT2D eigenvalue weighted by molar-refractivity contribution is -0.116. The van der Waals surface area contributed by atoms with Crippen LogP contribution >= 0.6 is 23.4 Å². The first-order valence-electron chi connectivity index (χ1n) is 9.43. The molecule has 0 bridgehead atoms. The molecule has 7 nitrogen and oxygen atoms in total. The molecule has 2 heterocycles. The van der Waals surface area contributed by atoms with Gasteiger partial charge in [0.05, 0.1) is 18.2 Å². The lowest BCUT2D eigenvalue weighted by atomic mass is 10.0. The molecule has 2 aromatic carbocycles. The zero-order chi connectivity index (χ0) is 21.4. The minimum atomic E-state index is -0.480. The Kier molecular flexibility index (Phi) is 5.62. The maximum atomic E-state index is 13.3. The number of benzene rings is 2. The van der Waals surface area contributed by atoms with E-state index in [0.29, 0.717) is 15.9 Å². The van der Waals surface area contributed by atoms with E-state index in [1.54, 1.807) is 17.9 Å². The molecule has 1 aromatic heterocycles. The van der Waals surface area contributed by atoms with Crippen LogP contribution in [0, 0.1) is 20.8 Å². The molecular weight excluding hydrogens is 422 g/mol. The smallest absolute Gasteiger partial charge is 0.240 e. The van der Waals surface area contributed by atoms with Gasteiger partial charge >= 0.3 is 0 Å². The Hall–Kier alpha value is -2.71. The molecule has 1 aliphatic rings. The van der Waals surface area contributed by atoms with E-state index in [9.17, 15) is 4.79 Å². The number of aromatic nitrogens is 3. The number of carbonyl (C=O) groups excluding carboxylic acids is 1. The van der Waals surface area contributed by atoms with Gasteiger partial charge < -0.3 is 15.5 Å². The van der Waals surface area contributed by atoms with Crippen LogP contribution < -0.4 is 15.5 Å². The molecule has 0 radical (unpaired) electrons. The fourth-order valence-corrected chi connectivity index (χ4v) is 4.94. The van der Waals surface area contributed by atoms with Gasteiger partial charge in [0, 0.05) is 5.69 Å². The molecule has 0 unspecified atom stereocenters. The number of ether oxygens (including phenoxy) is 1. The number of hydrogen-bond donors (Lipinski definition) is 2. The van der Waals surface area contributed by atoms with Crippen molar-refractivity contribution >= 4 is 35.0 Å². The average Bonchev–Trinajstić information content (AvgIpc) is 3.06. The highest BCUT2D eigenvalue weighted by Gasteiger charge is 2.37. The van der Waals surface area contributed by atoms with Crippen molar-refractivity contribution in [1.82, 2.24) is 14.9 Å². The summed E-state index contributed by atoms with van der Waals surface area (Å²) in [7, 11) is 1.57. The highest BCUT2D eigenvalue weighted by Crippen LogP contribution is 2.39. The molecule has 1 aliphatic heterocycles. The minimum Gasteiger partial charge on any atom is -0.495 e. The molecule has 0 fully saturated rings. The van der Waals surface area contributed by atoms with Gasteiger partial charge in [-0.1, -0.05) is 35.5 Å². The number of hydrogen-bond acceptors (Lipinski definition) is 6. The first-order valence-corrected chi connectivity index (χ1v) is 10.7. The van der Waals surface area contributed by atoms with E-state index in [4.69, 9.17) is 16.3 Å². The molecule has 4 rings (SSSR count). The number of amides is 1. The monoisotopic (exact) mass is 443 g/mol. The molecule has 0 spiro atoms. The number of fused-ring (bicyclic) bond motifs is 1. The van der Waals surface area contributed by atoms with E-state index in [2.05, 4.69) is 27.0 Å². The van der Waals surface area contributed by atoms with Crippen molar-refractivity contribution in [2.45, 2.75) is 37.2 Å². The Morgan fingerprint density at radius 1 is 1.17 bits per heavy atom. The van der Waals surface area contributed by atoms with Crippen LogP contribution in [0.5, 0.6) is 5.75 Å². The third kappa shape index (κ3) is 3.97. The SMILES string of the molecule is COc1ccc([C@H]2Nn3c(C)nnc3S[C@H]2C(=O)Nc2cc(C)cc(C)c2)cc1Cl. The van der Waals surface area contributed by atoms with Crippen molar-refractivity contribution in [1.29, 1.82) is 0 Å². The topological polar surface area (TPSA) is 81.1 Å². The Bertz CT molecular complexity index is 1100. The van der Waals surface area contributed by atoms with Crippen LogP contribution in [0.3, 0.4) is 0 Å². The zero-order valence-electron chi connectivity index (χ0n) is 17.1. The molecule has 30 heavy (non-hydrogen) atoms. The number of thioether (sulfide) groups is 1.